The van der Waals surface area contributed by atoms with Crippen LogP contribution >= 0.6 is 0 Å². The molecule has 0 heterocycles. The smallest absolute Gasteiger partial charge is 0.831 e. The molecule has 123 valence electrons. The second-order valence-corrected chi connectivity index (χ2v) is 3.22. The molecule has 1 radical (unpaired) electrons. The van der Waals surface area contributed by atoms with Crippen LogP contribution in [0.4, 0.5) is 0 Å². The first kappa shape index (κ1) is 28.2. The Bertz CT molecular complexity index is 104. The van der Waals surface area contributed by atoms with Crippen molar-refractivity contribution in [1.29, 1.82) is 0 Å². The van der Waals surface area contributed by atoms with Gasteiger partial charge in [-0.1, -0.05) is 20.8 Å². The van der Waals surface area contributed by atoms with Crippen LogP contribution in [-0.2, 0) is 14.2 Å². The molecule has 6 nitrogen and oxygen atoms in total. The second kappa shape index (κ2) is 24.1. The third-order valence-corrected chi connectivity index (χ3v) is 1.79. The third-order valence-electron chi connectivity index (χ3n) is 1.79. The molecule has 19 heavy (non-hydrogen) atoms. The van der Waals surface area contributed by atoms with Gasteiger partial charge in [0.1, 0.15) is 0 Å². The van der Waals surface area contributed by atoms with Crippen LogP contribution in [0.2, 0.25) is 0 Å². The zero-order chi connectivity index (χ0) is 15.0. The summed E-state index contributed by atoms with van der Waals surface area (Å²) < 4.78 is 13.0. The zero-order valence-corrected chi connectivity index (χ0v) is 14.4. The quantitative estimate of drug-likeness (QED) is 0.507. The molecule has 0 rings (SSSR count). The van der Waals surface area contributed by atoms with Gasteiger partial charge in [-0.2, -0.15) is 0 Å². The Balaban J connectivity index is -0.0000000865. The average molecular weight is 435 g/mol. The summed E-state index contributed by atoms with van der Waals surface area (Å²) in [5.74, 6) is 0. The van der Waals surface area contributed by atoms with Crippen molar-refractivity contribution in [2.75, 3.05) is 21.3 Å². The van der Waals surface area contributed by atoms with Crippen molar-refractivity contribution in [3.05, 3.63) is 0 Å². The molecule has 3 unspecified atom stereocenters. The van der Waals surface area contributed by atoms with E-state index in [1.807, 2.05) is 0 Å². The van der Waals surface area contributed by atoms with Crippen LogP contribution < -0.4 is 15.3 Å². The monoisotopic (exact) mass is 433 g/mol. The van der Waals surface area contributed by atoms with Gasteiger partial charge in [-0.05, 0) is 38.1 Å². The molecule has 0 amide bonds. The Morgan fingerprint density at radius 3 is 0.789 bits per heavy atom. The van der Waals surface area contributed by atoms with E-state index in [1.165, 1.54) is 21.3 Å². The van der Waals surface area contributed by atoms with E-state index in [9.17, 15) is 15.3 Å². The van der Waals surface area contributed by atoms with Gasteiger partial charge < -0.3 is 29.5 Å². The van der Waals surface area contributed by atoms with Gasteiger partial charge in [0.05, 0.1) is 0 Å². The normalized spacial score (nSPS) is 13.7. The summed E-state index contributed by atoms with van der Waals surface area (Å²) in [7, 11) is 4.25. The Morgan fingerprint density at radius 1 is 0.632 bits per heavy atom. The molecule has 0 bridgehead atoms. The zero-order valence-electron chi connectivity index (χ0n) is 12.6. The average Bonchev–Trinajstić information content (AvgIpc) is 2.45. The minimum Gasteiger partial charge on any atom is -0.831 e. The van der Waals surface area contributed by atoms with Gasteiger partial charge in [-0.15, -0.1) is 0 Å². The van der Waals surface area contributed by atoms with Crippen LogP contribution in [0.15, 0.2) is 0 Å². The van der Waals surface area contributed by atoms with Gasteiger partial charge in [-0.3, -0.25) is 0 Å². The second-order valence-electron chi connectivity index (χ2n) is 3.22. The molecule has 0 aromatic heterocycles. The van der Waals surface area contributed by atoms with E-state index in [1.54, 1.807) is 20.8 Å². The summed E-state index contributed by atoms with van der Waals surface area (Å²) in [5.41, 5.74) is 0. The number of rotatable bonds is 6. The molecular weight excluding hydrogens is 407 g/mol. The van der Waals surface area contributed by atoms with Gasteiger partial charge in [0, 0.05) is 21.3 Å². The molecule has 0 aromatic rings. The number of ether oxygens (including phenoxy) is 3. The van der Waals surface area contributed by atoms with Crippen LogP contribution in [0.3, 0.4) is 0 Å². The Labute approximate surface area is 146 Å². The predicted molar refractivity (Wildman–Crippen MR) is 63.3 cm³/mol. The summed E-state index contributed by atoms with van der Waals surface area (Å²) in [6.07, 6.45) is -0.788. The SMILES string of the molecule is CCC([O-])OC.CCC([O-])OC.CCC([O-])OC.[Er+3]. The third kappa shape index (κ3) is 32.5. The fourth-order valence-corrected chi connectivity index (χ4v) is 0.500. The summed E-state index contributed by atoms with van der Waals surface area (Å²) >= 11 is 0. The summed E-state index contributed by atoms with van der Waals surface area (Å²) in [5, 5.41) is 30.1. The van der Waals surface area contributed by atoms with Crippen molar-refractivity contribution in [2.24, 2.45) is 0 Å². The van der Waals surface area contributed by atoms with Gasteiger partial charge >= 0.3 is 37.3 Å². The van der Waals surface area contributed by atoms with Gasteiger partial charge in [0.2, 0.25) is 0 Å². The molecule has 0 N–H and O–H groups in total. The predicted octanol–water partition coefficient (Wildman–Crippen LogP) is -0.812. The van der Waals surface area contributed by atoms with Crippen molar-refractivity contribution in [2.45, 2.75) is 58.9 Å². The maximum Gasteiger partial charge on any atom is 3.00 e. The molecule has 0 fully saturated rings. The molecule has 3 atom stereocenters. The van der Waals surface area contributed by atoms with Crippen LogP contribution in [0.25, 0.3) is 0 Å². The van der Waals surface area contributed by atoms with E-state index in [4.69, 9.17) is 0 Å². The minimum absolute atomic E-state index is 0. The molecule has 7 heteroatoms. The van der Waals surface area contributed by atoms with Crippen molar-refractivity contribution in [1.82, 2.24) is 0 Å². The van der Waals surface area contributed by atoms with Crippen LogP contribution in [0.1, 0.15) is 40.0 Å². The van der Waals surface area contributed by atoms with Crippen LogP contribution in [-0.4, -0.2) is 40.2 Å². The molecule has 0 saturated carbocycles. The first-order valence-electron chi connectivity index (χ1n) is 5.99. The fraction of sp³-hybridized carbons (Fsp3) is 1.00. The Morgan fingerprint density at radius 2 is 0.789 bits per heavy atom. The van der Waals surface area contributed by atoms with Crippen molar-refractivity contribution < 1.29 is 66.8 Å². The van der Waals surface area contributed by atoms with Crippen molar-refractivity contribution >= 4 is 0 Å². The Hall–Kier alpha value is 1.01. The first-order chi connectivity index (χ1) is 8.42. The van der Waals surface area contributed by atoms with Gasteiger partial charge in [0.15, 0.2) is 0 Å². The number of hydrogen-bond donors (Lipinski definition) is 0. The molecule has 0 aromatic carbocycles. The molecule has 0 aliphatic heterocycles. The van der Waals surface area contributed by atoms with Gasteiger partial charge in [-0.25, -0.2) is 0 Å². The van der Waals surface area contributed by atoms with E-state index in [0.29, 0.717) is 19.3 Å². The number of hydrogen-bond acceptors (Lipinski definition) is 6. The summed E-state index contributed by atoms with van der Waals surface area (Å²) in [6, 6.07) is 0. The molecule has 0 aliphatic carbocycles. The first-order valence-corrected chi connectivity index (χ1v) is 5.99. The summed E-state index contributed by atoms with van der Waals surface area (Å²) in [4.78, 5) is 0. The molecular formula is C12H27ErO6. The maximum atomic E-state index is 10.0. The number of methoxy groups -OCH3 is 3. The van der Waals surface area contributed by atoms with Crippen LogP contribution in [0, 0.1) is 37.3 Å². The van der Waals surface area contributed by atoms with E-state index < -0.39 is 18.9 Å². The topological polar surface area (TPSA) is 96.9 Å². The van der Waals surface area contributed by atoms with E-state index >= 15 is 0 Å². The minimum atomic E-state index is -0.815. The van der Waals surface area contributed by atoms with Crippen molar-refractivity contribution in [3.8, 4) is 0 Å². The summed E-state index contributed by atoms with van der Waals surface area (Å²) in [6.45, 7) is 5.38. The van der Waals surface area contributed by atoms with E-state index in [0.717, 1.165) is 0 Å². The molecule has 0 saturated heterocycles. The Kier molecular flexibility index (Phi) is 35.7. The maximum absolute atomic E-state index is 10.0. The molecule has 0 spiro atoms. The van der Waals surface area contributed by atoms with Crippen molar-refractivity contribution in [3.63, 3.8) is 0 Å². The van der Waals surface area contributed by atoms with Gasteiger partial charge in [0.25, 0.3) is 0 Å². The fourth-order valence-electron chi connectivity index (χ4n) is 0.500. The van der Waals surface area contributed by atoms with E-state index in [2.05, 4.69) is 14.2 Å². The van der Waals surface area contributed by atoms with Crippen LogP contribution in [0.5, 0.6) is 0 Å². The largest absolute Gasteiger partial charge is 3.00 e. The standard InChI is InChI=1S/3C4H9O2.Er/c3*1-3-4(5)6-2;/h3*4H,3H2,1-2H3;/q3*-1;+3. The van der Waals surface area contributed by atoms with E-state index in [-0.39, 0.29) is 37.3 Å². The molecule has 0 aliphatic rings.